The van der Waals surface area contributed by atoms with Gasteiger partial charge in [-0.1, -0.05) is 6.42 Å². The minimum Gasteiger partial charge on any atom is -0.326 e. The van der Waals surface area contributed by atoms with E-state index in [0.29, 0.717) is 17.4 Å². The molecule has 29 heavy (non-hydrogen) atoms. The number of rotatable bonds is 4. The number of hydrogen-bond donors (Lipinski definition) is 1. The molecule has 156 valence electrons. The lowest BCUT2D eigenvalue weighted by Gasteiger charge is -2.41. The Balaban J connectivity index is 1.37. The summed E-state index contributed by atoms with van der Waals surface area (Å²) in [5.74, 6) is -0.428. The van der Waals surface area contributed by atoms with E-state index in [9.17, 15) is 14.4 Å². The highest BCUT2D eigenvalue weighted by Gasteiger charge is 2.43. The van der Waals surface area contributed by atoms with Crippen molar-refractivity contribution in [2.75, 3.05) is 36.4 Å². The van der Waals surface area contributed by atoms with E-state index in [1.807, 2.05) is 0 Å². The highest BCUT2D eigenvalue weighted by molar-refractivity contribution is 6.22. The molecule has 0 unspecified atom stereocenters. The van der Waals surface area contributed by atoms with Gasteiger partial charge in [0.1, 0.15) is 0 Å². The smallest absolute Gasteiger partial charge is 0.251 e. The van der Waals surface area contributed by atoms with E-state index in [0.717, 1.165) is 25.9 Å². The van der Waals surface area contributed by atoms with Gasteiger partial charge in [-0.2, -0.15) is 0 Å². The number of amides is 3. The van der Waals surface area contributed by atoms with Crippen molar-refractivity contribution in [2.24, 2.45) is 0 Å². The van der Waals surface area contributed by atoms with Crippen LogP contribution in [-0.2, 0) is 14.4 Å². The molecule has 3 aliphatic heterocycles. The molecule has 0 saturated carbocycles. The van der Waals surface area contributed by atoms with Crippen LogP contribution in [0, 0.1) is 0 Å². The van der Waals surface area contributed by atoms with Crippen LogP contribution in [0.1, 0.15) is 45.4 Å². The summed E-state index contributed by atoms with van der Waals surface area (Å²) < 4.78 is 0. The van der Waals surface area contributed by atoms with Gasteiger partial charge in [-0.05, 0) is 63.0 Å². The number of piperidine rings is 2. The summed E-state index contributed by atoms with van der Waals surface area (Å²) in [6.45, 7) is 5.60. The fraction of sp³-hybridized carbons (Fsp3) is 0.591. The van der Waals surface area contributed by atoms with Gasteiger partial charge in [-0.25, -0.2) is 4.90 Å². The van der Waals surface area contributed by atoms with E-state index < -0.39 is 0 Å². The Bertz CT molecular complexity index is 765. The van der Waals surface area contributed by atoms with Crippen molar-refractivity contribution < 1.29 is 14.4 Å². The van der Waals surface area contributed by atoms with Crippen LogP contribution in [0.2, 0.25) is 0 Å². The zero-order valence-electron chi connectivity index (χ0n) is 17.1. The Morgan fingerprint density at radius 3 is 2.21 bits per heavy atom. The van der Waals surface area contributed by atoms with Gasteiger partial charge >= 0.3 is 0 Å². The summed E-state index contributed by atoms with van der Waals surface area (Å²) in [5.41, 5.74) is 1.22. The van der Waals surface area contributed by atoms with Crippen molar-refractivity contribution in [2.45, 2.75) is 57.5 Å². The number of likely N-dealkylation sites (tertiary alicyclic amines) is 2. The third-order valence-electron chi connectivity index (χ3n) is 6.42. The number of nitrogens with zero attached hydrogens (tertiary/aromatic N) is 3. The molecule has 0 aromatic heterocycles. The minimum absolute atomic E-state index is 0.126. The Kier molecular flexibility index (Phi) is 5.96. The normalized spacial score (nSPS) is 24.9. The monoisotopic (exact) mass is 398 g/mol. The average molecular weight is 399 g/mol. The summed E-state index contributed by atoms with van der Waals surface area (Å²) in [6, 6.07) is 7.14. The van der Waals surface area contributed by atoms with Crippen LogP contribution in [0.4, 0.5) is 11.4 Å². The van der Waals surface area contributed by atoms with E-state index in [1.165, 1.54) is 44.2 Å². The zero-order valence-corrected chi connectivity index (χ0v) is 17.1. The first-order chi connectivity index (χ1) is 14.0. The second kappa shape index (κ2) is 8.63. The van der Waals surface area contributed by atoms with E-state index in [1.54, 1.807) is 24.3 Å². The maximum atomic E-state index is 13.0. The molecule has 3 aliphatic rings. The standard InChI is InChI=1S/C22H30N4O3/c1-16(27)23-17-5-7-19(8-6-17)26-21(28)15-20(22(26)29)25-13-9-18(10-14-25)24-11-3-2-4-12-24/h5-8,18,20H,2-4,9-15H2,1H3,(H,23,27)/t20-/m1/s1. The number of imide groups is 1. The molecule has 3 heterocycles. The van der Waals surface area contributed by atoms with Crippen molar-refractivity contribution >= 4 is 29.1 Å². The molecule has 0 radical (unpaired) electrons. The molecule has 7 nitrogen and oxygen atoms in total. The maximum Gasteiger partial charge on any atom is 0.251 e. The van der Waals surface area contributed by atoms with Crippen molar-refractivity contribution in [1.29, 1.82) is 0 Å². The van der Waals surface area contributed by atoms with E-state index in [2.05, 4.69) is 15.1 Å². The largest absolute Gasteiger partial charge is 0.326 e. The first-order valence-corrected chi connectivity index (χ1v) is 10.8. The fourth-order valence-electron chi connectivity index (χ4n) is 4.92. The van der Waals surface area contributed by atoms with Gasteiger partial charge in [0.25, 0.3) is 5.91 Å². The topological polar surface area (TPSA) is 73.0 Å². The van der Waals surface area contributed by atoms with Crippen LogP contribution in [0.5, 0.6) is 0 Å². The molecule has 3 saturated heterocycles. The maximum absolute atomic E-state index is 13.0. The third kappa shape index (κ3) is 4.36. The van der Waals surface area contributed by atoms with Crippen LogP contribution in [0.25, 0.3) is 0 Å². The van der Waals surface area contributed by atoms with Crippen LogP contribution in [0.15, 0.2) is 24.3 Å². The van der Waals surface area contributed by atoms with Crippen LogP contribution in [-0.4, -0.2) is 65.8 Å². The first-order valence-electron chi connectivity index (χ1n) is 10.8. The Morgan fingerprint density at radius 2 is 1.59 bits per heavy atom. The molecule has 1 N–H and O–H groups in total. The minimum atomic E-state index is -0.347. The van der Waals surface area contributed by atoms with E-state index in [-0.39, 0.29) is 30.2 Å². The molecule has 1 aromatic rings. The molecule has 0 bridgehead atoms. The van der Waals surface area contributed by atoms with Crippen LogP contribution in [0.3, 0.4) is 0 Å². The summed E-state index contributed by atoms with van der Waals surface area (Å²) in [6.07, 6.45) is 6.33. The molecule has 3 fully saturated rings. The Hall–Kier alpha value is -2.25. The highest BCUT2D eigenvalue weighted by atomic mass is 16.2. The third-order valence-corrected chi connectivity index (χ3v) is 6.42. The predicted octanol–water partition coefficient (Wildman–Crippen LogP) is 2.23. The van der Waals surface area contributed by atoms with Crippen LogP contribution >= 0.6 is 0 Å². The quantitative estimate of drug-likeness (QED) is 0.788. The van der Waals surface area contributed by atoms with Crippen molar-refractivity contribution in [1.82, 2.24) is 9.80 Å². The average Bonchev–Trinajstić information content (AvgIpc) is 3.03. The molecule has 0 aliphatic carbocycles. The molecule has 1 atom stereocenters. The van der Waals surface area contributed by atoms with E-state index >= 15 is 0 Å². The number of carbonyl (C=O) groups excluding carboxylic acids is 3. The van der Waals surface area contributed by atoms with Gasteiger partial charge in [-0.15, -0.1) is 0 Å². The van der Waals surface area contributed by atoms with Gasteiger partial charge in [0.15, 0.2) is 0 Å². The van der Waals surface area contributed by atoms with Crippen molar-refractivity contribution in [3.8, 4) is 0 Å². The second-order valence-electron chi connectivity index (χ2n) is 8.38. The summed E-state index contributed by atoms with van der Waals surface area (Å²) in [5, 5.41) is 2.70. The number of anilines is 2. The van der Waals surface area contributed by atoms with Gasteiger partial charge in [0, 0.05) is 31.7 Å². The number of carbonyl (C=O) groups is 3. The molecule has 1 aromatic carbocycles. The lowest BCUT2D eigenvalue weighted by molar-refractivity contribution is -0.123. The molecule has 3 amide bonds. The number of hydrogen-bond acceptors (Lipinski definition) is 5. The Labute approximate surface area is 172 Å². The molecule has 7 heteroatoms. The lowest BCUT2D eigenvalue weighted by atomic mass is 9.98. The van der Waals surface area contributed by atoms with Gasteiger partial charge in [-0.3, -0.25) is 19.3 Å². The number of benzene rings is 1. The van der Waals surface area contributed by atoms with Crippen LogP contribution < -0.4 is 10.2 Å². The molecular formula is C22H30N4O3. The predicted molar refractivity (Wildman–Crippen MR) is 112 cm³/mol. The highest BCUT2D eigenvalue weighted by Crippen LogP contribution is 2.29. The number of nitrogens with one attached hydrogen (secondary N) is 1. The zero-order chi connectivity index (χ0) is 20.4. The SMILES string of the molecule is CC(=O)Nc1ccc(N2C(=O)C[C@@H](N3CCC(N4CCCCC4)CC3)C2=O)cc1. The molecular weight excluding hydrogens is 368 g/mol. The van der Waals surface area contributed by atoms with Crippen molar-refractivity contribution in [3.05, 3.63) is 24.3 Å². The summed E-state index contributed by atoms with van der Waals surface area (Å²) in [4.78, 5) is 42.9. The van der Waals surface area contributed by atoms with Gasteiger partial charge in [0.05, 0.1) is 18.2 Å². The fourth-order valence-corrected chi connectivity index (χ4v) is 4.92. The molecule has 0 spiro atoms. The first kappa shape index (κ1) is 20.0. The Morgan fingerprint density at radius 1 is 0.931 bits per heavy atom. The van der Waals surface area contributed by atoms with Gasteiger partial charge < -0.3 is 10.2 Å². The van der Waals surface area contributed by atoms with Gasteiger partial charge in [0.2, 0.25) is 11.8 Å². The summed E-state index contributed by atoms with van der Waals surface area (Å²) >= 11 is 0. The summed E-state index contributed by atoms with van der Waals surface area (Å²) in [7, 11) is 0. The second-order valence-corrected chi connectivity index (χ2v) is 8.38. The van der Waals surface area contributed by atoms with E-state index in [4.69, 9.17) is 0 Å². The molecule has 4 rings (SSSR count). The lowest BCUT2D eigenvalue weighted by Crippen LogP contribution is -2.51. The van der Waals surface area contributed by atoms with Crippen molar-refractivity contribution in [3.63, 3.8) is 0 Å².